The van der Waals surface area contributed by atoms with E-state index in [2.05, 4.69) is 21.2 Å². The van der Waals surface area contributed by atoms with Gasteiger partial charge in [-0.05, 0) is 76.8 Å². The molecule has 1 saturated heterocycles. The number of rotatable bonds is 8. The molecule has 3 aromatic carbocycles. The van der Waals surface area contributed by atoms with Gasteiger partial charge in [-0.3, -0.25) is 9.69 Å². The Morgan fingerprint density at radius 1 is 1.03 bits per heavy atom. The highest BCUT2D eigenvalue weighted by Crippen LogP contribution is 2.38. The number of urea groups is 1. The average Bonchev–Trinajstić information content (AvgIpc) is 3.07. The van der Waals surface area contributed by atoms with E-state index in [1.807, 2.05) is 38.1 Å². The lowest BCUT2D eigenvalue weighted by atomic mass is 10.1. The first-order valence-electron chi connectivity index (χ1n) is 11.1. The van der Waals surface area contributed by atoms with E-state index in [9.17, 15) is 14.0 Å². The van der Waals surface area contributed by atoms with Crippen LogP contribution < -0.4 is 14.8 Å². The van der Waals surface area contributed by atoms with Crippen molar-refractivity contribution in [2.45, 2.75) is 27.0 Å². The first kappa shape index (κ1) is 24.5. The molecule has 1 aliphatic rings. The molecule has 1 heterocycles. The Hall–Kier alpha value is -3.65. The van der Waals surface area contributed by atoms with Gasteiger partial charge in [-0.1, -0.05) is 42.0 Å². The van der Waals surface area contributed by atoms with Gasteiger partial charge < -0.3 is 14.8 Å². The molecule has 180 valence electrons. The van der Waals surface area contributed by atoms with E-state index in [0.29, 0.717) is 28.1 Å². The topological polar surface area (TPSA) is 67.9 Å². The van der Waals surface area contributed by atoms with Crippen LogP contribution >= 0.6 is 15.9 Å². The summed E-state index contributed by atoms with van der Waals surface area (Å²) < 4.78 is 25.5. The van der Waals surface area contributed by atoms with Crippen LogP contribution in [0.4, 0.5) is 9.18 Å². The fraction of sp³-hybridized carbons (Fsp3) is 0.185. The second kappa shape index (κ2) is 10.7. The fourth-order valence-corrected chi connectivity index (χ4v) is 4.26. The van der Waals surface area contributed by atoms with Crippen molar-refractivity contribution in [3.05, 3.63) is 98.9 Å². The summed E-state index contributed by atoms with van der Waals surface area (Å²) in [5.74, 6) is 0.251. The SMILES string of the molecule is CCOc1cc(/C=C2/NC(=O)N(Cc3cccc(C)c3)C2=O)cc(Br)c1OCc1ccc(F)cc1. The van der Waals surface area contributed by atoms with Crippen LogP contribution in [-0.4, -0.2) is 23.4 Å². The fourth-order valence-electron chi connectivity index (χ4n) is 3.69. The standard InChI is InChI=1S/C27H24BrFN2O4/c1-3-34-24-14-20(12-22(28)25(24)35-16-18-7-9-21(29)10-8-18)13-23-26(32)31(27(33)30-23)15-19-6-4-5-17(2)11-19/h4-14H,3,15-16H2,1-2H3,(H,30,33)/b23-13+. The van der Waals surface area contributed by atoms with Gasteiger partial charge in [0.1, 0.15) is 18.1 Å². The van der Waals surface area contributed by atoms with Gasteiger partial charge in [0.25, 0.3) is 5.91 Å². The van der Waals surface area contributed by atoms with Gasteiger partial charge in [-0.2, -0.15) is 0 Å². The quantitative estimate of drug-likeness (QED) is 0.283. The normalized spacial score (nSPS) is 14.4. The van der Waals surface area contributed by atoms with E-state index in [0.717, 1.165) is 16.7 Å². The highest BCUT2D eigenvalue weighted by atomic mass is 79.9. The van der Waals surface area contributed by atoms with Crippen LogP contribution in [0.5, 0.6) is 11.5 Å². The number of halogens is 2. The van der Waals surface area contributed by atoms with Crippen LogP contribution in [0.15, 0.2) is 70.8 Å². The molecule has 3 aromatic rings. The number of nitrogens with zero attached hydrogens (tertiary/aromatic N) is 1. The number of ether oxygens (including phenoxy) is 2. The zero-order chi connectivity index (χ0) is 24.9. The van der Waals surface area contributed by atoms with Crippen molar-refractivity contribution in [2.75, 3.05) is 6.61 Å². The molecule has 0 radical (unpaired) electrons. The number of imide groups is 1. The minimum atomic E-state index is -0.467. The van der Waals surface area contributed by atoms with Gasteiger partial charge in [0.15, 0.2) is 11.5 Å². The largest absolute Gasteiger partial charge is 0.490 e. The van der Waals surface area contributed by atoms with Crippen molar-refractivity contribution in [3.63, 3.8) is 0 Å². The van der Waals surface area contributed by atoms with E-state index >= 15 is 0 Å². The molecule has 0 unspecified atom stereocenters. The van der Waals surface area contributed by atoms with E-state index in [-0.39, 0.29) is 24.7 Å². The number of nitrogens with one attached hydrogen (secondary N) is 1. The summed E-state index contributed by atoms with van der Waals surface area (Å²) >= 11 is 3.52. The molecule has 0 saturated carbocycles. The molecule has 1 aliphatic heterocycles. The molecule has 0 spiro atoms. The maximum atomic E-state index is 13.2. The second-order valence-electron chi connectivity index (χ2n) is 8.05. The Morgan fingerprint density at radius 3 is 2.51 bits per heavy atom. The maximum absolute atomic E-state index is 13.2. The van der Waals surface area contributed by atoms with Crippen molar-refractivity contribution >= 4 is 33.9 Å². The van der Waals surface area contributed by atoms with E-state index in [1.165, 1.54) is 17.0 Å². The highest BCUT2D eigenvalue weighted by molar-refractivity contribution is 9.10. The first-order chi connectivity index (χ1) is 16.8. The molecule has 35 heavy (non-hydrogen) atoms. The third-order valence-corrected chi connectivity index (χ3v) is 5.91. The summed E-state index contributed by atoms with van der Waals surface area (Å²) in [5.41, 5.74) is 3.56. The van der Waals surface area contributed by atoms with E-state index < -0.39 is 11.9 Å². The van der Waals surface area contributed by atoms with Crippen molar-refractivity contribution in [1.82, 2.24) is 10.2 Å². The number of hydrogen-bond donors (Lipinski definition) is 1. The minimum Gasteiger partial charge on any atom is -0.490 e. The molecule has 0 atom stereocenters. The number of carbonyl (C=O) groups is 2. The summed E-state index contributed by atoms with van der Waals surface area (Å²) in [4.78, 5) is 26.6. The van der Waals surface area contributed by atoms with Gasteiger partial charge >= 0.3 is 6.03 Å². The predicted octanol–water partition coefficient (Wildman–Crippen LogP) is 5.97. The molecule has 6 nitrogen and oxygen atoms in total. The molecule has 1 fully saturated rings. The van der Waals surface area contributed by atoms with Gasteiger partial charge in [0, 0.05) is 0 Å². The molecule has 0 aliphatic carbocycles. The smallest absolute Gasteiger partial charge is 0.329 e. The Labute approximate surface area is 211 Å². The summed E-state index contributed by atoms with van der Waals surface area (Å²) in [5, 5.41) is 2.65. The van der Waals surface area contributed by atoms with Crippen LogP contribution in [0.25, 0.3) is 6.08 Å². The number of carbonyl (C=O) groups excluding carboxylic acids is 2. The average molecular weight is 539 g/mol. The third kappa shape index (κ3) is 5.89. The summed E-state index contributed by atoms with van der Waals surface area (Å²) in [7, 11) is 0. The maximum Gasteiger partial charge on any atom is 0.329 e. The van der Waals surface area contributed by atoms with Crippen molar-refractivity contribution in [2.24, 2.45) is 0 Å². The van der Waals surface area contributed by atoms with Crippen LogP contribution in [0.1, 0.15) is 29.2 Å². The summed E-state index contributed by atoms with van der Waals surface area (Å²) in [6.07, 6.45) is 1.60. The summed E-state index contributed by atoms with van der Waals surface area (Å²) in [6, 6.07) is 16.8. The van der Waals surface area contributed by atoms with E-state index in [4.69, 9.17) is 9.47 Å². The number of amides is 3. The molecule has 1 N–H and O–H groups in total. The van der Waals surface area contributed by atoms with Crippen LogP contribution in [0, 0.1) is 12.7 Å². The molecule has 0 bridgehead atoms. The lowest BCUT2D eigenvalue weighted by Crippen LogP contribution is -2.30. The molecular formula is C27H24BrFN2O4. The molecule has 4 rings (SSSR count). The predicted molar refractivity (Wildman–Crippen MR) is 134 cm³/mol. The van der Waals surface area contributed by atoms with Gasteiger partial charge in [-0.15, -0.1) is 0 Å². The lowest BCUT2D eigenvalue weighted by molar-refractivity contribution is -0.123. The molecule has 8 heteroatoms. The number of benzene rings is 3. The Balaban J connectivity index is 1.55. The second-order valence-corrected chi connectivity index (χ2v) is 8.90. The summed E-state index contributed by atoms with van der Waals surface area (Å²) in [6.45, 7) is 4.63. The third-order valence-electron chi connectivity index (χ3n) is 5.32. The first-order valence-corrected chi connectivity index (χ1v) is 11.9. The zero-order valence-corrected chi connectivity index (χ0v) is 20.9. The van der Waals surface area contributed by atoms with E-state index in [1.54, 1.807) is 30.3 Å². The van der Waals surface area contributed by atoms with Crippen LogP contribution in [0.2, 0.25) is 0 Å². The van der Waals surface area contributed by atoms with Crippen LogP contribution in [-0.2, 0) is 17.9 Å². The molecule has 3 amide bonds. The molecule has 0 aromatic heterocycles. The van der Waals surface area contributed by atoms with Crippen LogP contribution in [0.3, 0.4) is 0 Å². The van der Waals surface area contributed by atoms with Gasteiger partial charge in [0.2, 0.25) is 0 Å². The van der Waals surface area contributed by atoms with Crippen molar-refractivity contribution in [1.29, 1.82) is 0 Å². The Bertz CT molecular complexity index is 1290. The minimum absolute atomic E-state index is 0.178. The number of hydrogen-bond acceptors (Lipinski definition) is 4. The van der Waals surface area contributed by atoms with Crippen molar-refractivity contribution < 1.29 is 23.5 Å². The van der Waals surface area contributed by atoms with Crippen molar-refractivity contribution in [3.8, 4) is 11.5 Å². The highest BCUT2D eigenvalue weighted by Gasteiger charge is 2.33. The number of aryl methyl sites for hydroxylation is 1. The lowest BCUT2D eigenvalue weighted by Gasteiger charge is -2.15. The van der Waals surface area contributed by atoms with Gasteiger partial charge in [-0.25, -0.2) is 9.18 Å². The monoisotopic (exact) mass is 538 g/mol. The Morgan fingerprint density at radius 2 is 1.80 bits per heavy atom. The zero-order valence-electron chi connectivity index (χ0n) is 19.3. The van der Waals surface area contributed by atoms with Gasteiger partial charge in [0.05, 0.1) is 17.6 Å². The molecular weight excluding hydrogens is 515 g/mol. The Kier molecular flexibility index (Phi) is 7.51.